The van der Waals surface area contributed by atoms with Crippen molar-refractivity contribution in [3.63, 3.8) is 0 Å². The average Bonchev–Trinajstić information content (AvgIpc) is 2.81. The van der Waals surface area contributed by atoms with E-state index in [1.165, 1.54) is 18.1 Å². The van der Waals surface area contributed by atoms with Gasteiger partial charge in [0.2, 0.25) is 21.8 Å². The number of nitrogens with one attached hydrogen (secondary N) is 1. The van der Waals surface area contributed by atoms with E-state index in [9.17, 15) is 22.4 Å². The van der Waals surface area contributed by atoms with Gasteiger partial charge in [0.25, 0.3) is 0 Å². The Kier molecular flexibility index (Phi) is 10.3. The van der Waals surface area contributed by atoms with Crippen LogP contribution < -0.4 is 14.4 Å². The topological polar surface area (TPSA) is 96.0 Å². The largest absolute Gasteiger partial charge is 0.497 e. The summed E-state index contributed by atoms with van der Waals surface area (Å²) in [4.78, 5) is 27.6. The molecule has 0 aliphatic heterocycles. The van der Waals surface area contributed by atoms with Crippen LogP contribution in [0.2, 0.25) is 5.02 Å². The lowest BCUT2D eigenvalue weighted by molar-refractivity contribution is -0.139. The van der Waals surface area contributed by atoms with Crippen molar-refractivity contribution in [2.75, 3.05) is 30.8 Å². The highest BCUT2D eigenvalue weighted by Crippen LogP contribution is 2.25. The standard InChI is InChI=1S/C24H31ClFN3O5S/c1-5-6-12-27-24(31)17(2)28(15-18-8-7-9-20(13-18)34-3)23(30)16-29(35(4,32)33)19-10-11-22(26)21(25)14-19/h7-11,13-14,17H,5-6,12,15-16H2,1-4H3,(H,27,31). The van der Waals surface area contributed by atoms with Gasteiger partial charge in [-0.05, 0) is 49.2 Å². The molecule has 0 radical (unpaired) electrons. The molecular weight excluding hydrogens is 497 g/mol. The predicted octanol–water partition coefficient (Wildman–Crippen LogP) is 3.59. The number of halogens is 2. The average molecular weight is 528 g/mol. The fraction of sp³-hybridized carbons (Fsp3) is 0.417. The highest BCUT2D eigenvalue weighted by molar-refractivity contribution is 7.92. The zero-order chi connectivity index (χ0) is 26.2. The molecule has 1 N–H and O–H groups in total. The summed E-state index contributed by atoms with van der Waals surface area (Å²) >= 11 is 5.84. The van der Waals surface area contributed by atoms with Gasteiger partial charge in [-0.25, -0.2) is 12.8 Å². The van der Waals surface area contributed by atoms with Crippen molar-refractivity contribution in [3.05, 3.63) is 58.9 Å². The van der Waals surface area contributed by atoms with Gasteiger partial charge in [-0.2, -0.15) is 0 Å². The molecule has 0 saturated carbocycles. The molecule has 11 heteroatoms. The van der Waals surface area contributed by atoms with Crippen molar-refractivity contribution in [2.24, 2.45) is 0 Å². The number of anilines is 1. The van der Waals surface area contributed by atoms with E-state index in [1.807, 2.05) is 6.92 Å². The van der Waals surface area contributed by atoms with Crippen LogP contribution in [-0.4, -0.2) is 57.6 Å². The van der Waals surface area contributed by atoms with Gasteiger partial charge in [0.1, 0.15) is 24.2 Å². The lowest BCUT2D eigenvalue weighted by Gasteiger charge is -2.31. The Balaban J connectivity index is 2.38. The first-order valence-corrected chi connectivity index (χ1v) is 13.3. The van der Waals surface area contributed by atoms with E-state index in [4.69, 9.17) is 16.3 Å². The number of hydrogen-bond acceptors (Lipinski definition) is 5. The Hall–Kier alpha value is -2.85. The maximum atomic E-state index is 13.6. The molecule has 2 aromatic carbocycles. The van der Waals surface area contributed by atoms with Crippen molar-refractivity contribution in [1.29, 1.82) is 0 Å². The lowest BCUT2D eigenvalue weighted by Crippen LogP contribution is -2.51. The van der Waals surface area contributed by atoms with Gasteiger partial charge in [0.15, 0.2) is 0 Å². The fourth-order valence-electron chi connectivity index (χ4n) is 3.34. The summed E-state index contributed by atoms with van der Waals surface area (Å²) in [5, 5.41) is 2.53. The Morgan fingerprint density at radius 1 is 1.20 bits per heavy atom. The van der Waals surface area contributed by atoms with Crippen LogP contribution in [0.1, 0.15) is 32.3 Å². The van der Waals surface area contributed by atoms with E-state index in [1.54, 1.807) is 31.2 Å². The van der Waals surface area contributed by atoms with Crippen molar-refractivity contribution < 1.29 is 27.1 Å². The third-order valence-electron chi connectivity index (χ3n) is 5.35. The zero-order valence-corrected chi connectivity index (χ0v) is 21.8. The molecule has 1 unspecified atom stereocenters. The van der Waals surface area contributed by atoms with Gasteiger partial charge >= 0.3 is 0 Å². The number of carbonyl (C=O) groups excluding carboxylic acids is 2. The van der Waals surface area contributed by atoms with Crippen LogP contribution in [0.5, 0.6) is 5.75 Å². The SMILES string of the molecule is CCCCNC(=O)C(C)N(Cc1cccc(OC)c1)C(=O)CN(c1ccc(F)c(Cl)c1)S(C)(=O)=O. The minimum Gasteiger partial charge on any atom is -0.497 e. The van der Waals surface area contributed by atoms with Crippen LogP contribution in [0.15, 0.2) is 42.5 Å². The van der Waals surface area contributed by atoms with Gasteiger partial charge in [-0.1, -0.05) is 37.1 Å². The Bertz CT molecular complexity index is 1150. The summed E-state index contributed by atoms with van der Waals surface area (Å²) in [5.41, 5.74) is 0.732. The molecule has 2 rings (SSSR count). The Labute approximate surface area is 211 Å². The molecule has 2 amide bonds. The van der Waals surface area contributed by atoms with Crippen LogP contribution in [0.3, 0.4) is 0 Å². The van der Waals surface area contributed by atoms with E-state index >= 15 is 0 Å². The van der Waals surface area contributed by atoms with E-state index in [2.05, 4.69) is 5.32 Å². The molecule has 2 aromatic rings. The van der Waals surface area contributed by atoms with E-state index in [0.29, 0.717) is 17.9 Å². The third-order valence-corrected chi connectivity index (χ3v) is 6.78. The molecule has 0 fully saturated rings. The monoisotopic (exact) mass is 527 g/mol. The number of carbonyl (C=O) groups is 2. The second kappa shape index (κ2) is 12.7. The molecular formula is C24H31ClFN3O5S. The molecule has 0 aromatic heterocycles. The first-order valence-electron chi connectivity index (χ1n) is 11.1. The summed E-state index contributed by atoms with van der Waals surface area (Å²) in [6.45, 7) is 3.48. The number of ether oxygens (including phenoxy) is 1. The summed E-state index contributed by atoms with van der Waals surface area (Å²) < 4.78 is 44.8. The summed E-state index contributed by atoms with van der Waals surface area (Å²) in [6, 6.07) is 9.52. The van der Waals surface area contributed by atoms with Crippen molar-refractivity contribution in [3.8, 4) is 5.75 Å². The van der Waals surface area contributed by atoms with Gasteiger partial charge in [0.05, 0.1) is 24.1 Å². The fourth-order valence-corrected chi connectivity index (χ4v) is 4.36. The number of nitrogens with zero attached hydrogens (tertiary/aromatic N) is 2. The number of methoxy groups -OCH3 is 1. The highest BCUT2D eigenvalue weighted by atomic mass is 35.5. The first-order chi connectivity index (χ1) is 16.5. The minimum atomic E-state index is -3.94. The lowest BCUT2D eigenvalue weighted by atomic mass is 10.1. The van der Waals surface area contributed by atoms with Crippen LogP contribution >= 0.6 is 11.6 Å². The molecule has 0 aliphatic carbocycles. The smallest absolute Gasteiger partial charge is 0.244 e. The summed E-state index contributed by atoms with van der Waals surface area (Å²) in [6.07, 6.45) is 2.62. The number of sulfonamides is 1. The maximum absolute atomic E-state index is 13.6. The summed E-state index contributed by atoms with van der Waals surface area (Å²) in [5.74, 6) is -1.11. The van der Waals surface area contributed by atoms with E-state index < -0.39 is 34.3 Å². The van der Waals surface area contributed by atoms with Crippen LogP contribution in [0.25, 0.3) is 0 Å². The normalized spacial score (nSPS) is 12.1. The third kappa shape index (κ3) is 8.10. The molecule has 0 saturated heterocycles. The van der Waals surface area contributed by atoms with E-state index in [0.717, 1.165) is 35.5 Å². The second-order valence-corrected chi connectivity index (χ2v) is 10.4. The highest BCUT2D eigenvalue weighted by Gasteiger charge is 2.30. The molecule has 192 valence electrons. The minimum absolute atomic E-state index is 0.0358. The first kappa shape index (κ1) is 28.4. The van der Waals surface area contributed by atoms with E-state index in [-0.39, 0.29) is 23.2 Å². The molecule has 0 heterocycles. The number of benzene rings is 2. The van der Waals surface area contributed by atoms with Crippen molar-refractivity contribution in [1.82, 2.24) is 10.2 Å². The van der Waals surface area contributed by atoms with Gasteiger partial charge < -0.3 is 15.0 Å². The second-order valence-electron chi connectivity index (χ2n) is 8.06. The maximum Gasteiger partial charge on any atom is 0.244 e. The predicted molar refractivity (Wildman–Crippen MR) is 135 cm³/mol. The summed E-state index contributed by atoms with van der Waals surface area (Å²) in [7, 11) is -2.42. The molecule has 1 atom stereocenters. The van der Waals surface area contributed by atoms with Crippen molar-refractivity contribution in [2.45, 2.75) is 39.3 Å². The van der Waals surface area contributed by atoms with Crippen LogP contribution in [0, 0.1) is 5.82 Å². The molecule has 0 spiro atoms. The van der Waals surface area contributed by atoms with Gasteiger partial charge in [-0.15, -0.1) is 0 Å². The molecule has 35 heavy (non-hydrogen) atoms. The number of rotatable bonds is 12. The Morgan fingerprint density at radius 3 is 2.51 bits per heavy atom. The molecule has 0 bridgehead atoms. The van der Waals surface area contributed by atoms with Crippen LogP contribution in [-0.2, 0) is 26.2 Å². The Morgan fingerprint density at radius 2 is 1.91 bits per heavy atom. The molecule has 8 nitrogen and oxygen atoms in total. The van der Waals surface area contributed by atoms with Gasteiger partial charge in [-0.3, -0.25) is 13.9 Å². The number of hydrogen-bond donors (Lipinski definition) is 1. The number of unbranched alkanes of at least 4 members (excludes halogenated alkanes) is 1. The van der Waals surface area contributed by atoms with Crippen molar-refractivity contribution >= 4 is 39.1 Å². The molecule has 0 aliphatic rings. The zero-order valence-electron chi connectivity index (χ0n) is 20.3. The number of amides is 2. The van der Waals surface area contributed by atoms with Gasteiger partial charge in [0, 0.05) is 13.1 Å². The quantitative estimate of drug-likeness (QED) is 0.426. The van der Waals surface area contributed by atoms with Crippen LogP contribution in [0.4, 0.5) is 10.1 Å².